The van der Waals surface area contributed by atoms with Crippen LogP contribution in [0.5, 0.6) is 0 Å². The molecular weight excluding hydrogens is 206 g/mol. The molecule has 0 unspecified atom stereocenters. The number of hydrogen-bond acceptors (Lipinski definition) is 4. The van der Waals surface area contributed by atoms with Crippen molar-refractivity contribution >= 4 is 5.97 Å². The molecular formula is C11H17N3O2. The zero-order chi connectivity index (χ0) is 11.8. The van der Waals surface area contributed by atoms with Crippen molar-refractivity contribution in [1.29, 1.82) is 0 Å². The summed E-state index contributed by atoms with van der Waals surface area (Å²) in [6, 6.07) is 1.81. The average molecular weight is 223 g/mol. The van der Waals surface area contributed by atoms with Gasteiger partial charge in [-0.1, -0.05) is 0 Å². The van der Waals surface area contributed by atoms with Gasteiger partial charge in [-0.3, -0.25) is 4.68 Å². The van der Waals surface area contributed by atoms with Gasteiger partial charge in [-0.25, -0.2) is 4.79 Å². The fourth-order valence-corrected chi connectivity index (χ4v) is 1.89. The first-order valence-electron chi connectivity index (χ1n) is 5.40. The van der Waals surface area contributed by atoms with Crippen LogP contribution in [-0.2, 0) is 18.2 Å². The van der Waals surface area contributed by atoms with Gasteiger partial charge in [0.05, 0.1) is 7.11 Å². The van der Waals surface area contributed by atoms with E-state index < -0.39 is 0 Å². The second-order valence-electron chi connectivity index (χ2n) is 4.34. The van der Waals surface area contributed by atoms with Crippen LogP contribution in [0.15, 0.2) is 6.07 Å². The Morgan fingerprint density at radius 2 is 2.38 bits per heavy atom. The van der Waals surface area contributed by atoms with Crippen molar-refractivity contribution in [3.05, 3.63) is 17.5 Å². The normalized spacial score (nSPS) is 17.2. The fraction of sp³-hybridized carbons (Fsp3) is 0.636. The maximum Gasteiger partial charge on any atom is 0.358 e. The fourth-order valence-electron chi connectivity index (χ4n) is 1.89. The minimum atomic E-state index is -0.379. The number of esters is 1. The second-order valence-corrected chi connectivity index (χ2v) is 4.34. The summed E-state index contributed by atoms with van der Waals surface area (Å²) in [6.45, 7) is 0. The number of nitrogens with one attached hydrogen (secondary N) is 1. The van der Waals surface area contributed by atoms with Crippen LogP contribution in [0.2, 0.25) is 0 Å². The first-order chi connectivity index (χ1) is 7.60. The van der Waals surface area contributed by atoms with Crippen molar-refractivity contribution in [2.75, 3.05) is 14.2 Å². The van der Waals surface area contributed by atoms with Gasteiger partial charge in [0.2, 0.25) is 0 Å². The van der Waals surface area contributed by atoms with Crippen molar-refractivity contribution in [3.63, 3.8) is 0 Å². The topological polar surface area (TPSA) is 56.1 Å². The number of aromatic nitrogens is 2. The molecule has 0 spiro atoms. The first kappa shape index (κ1) is 11.1. The number of nitrogens with zero attached hydrogens (tertiary/aromatic N) is 2. The standard InChI is InChI=1S/C11H17N3O2/c1-12-11(4-5-11)7-8-6-9(10(15)16-3)13-14(8)2/h6,12H,4-5,7H2,1-3H3. The molecule has 1 aromatic rings. The molecule has 0 aromatic carbocycles. The van der Waals surface area contributed by atoms with Crippen LogP contribution in [0.25, 0.3) is 0 Å². The predicted octanol–water partition coefficient (Wildman–Crippen LogP) is 0.501. The molecule has 5 nitrogen and oxygen atoms in total. The van der Waals surface area contributed by atoms with Crippen LogP contribution in [0.4, 0.5) is 0 Å². The lowest BCUT2D eigenvalue weighted by molar-refractivity contribution is 0.0593. The summed E-state index contributed by atoms with van der Waals surface area (Å²) < 4.78 is 6.40. The molecule has 0 amide bonds. The Bertz CT molecular complexity index is 407. The molecule has 0 atom stereocenters. The molecule has 0 radical (unpaired) electrons. The van der Waals surface area contributed by atoms with Crippen LogP contribution in [-0.4, -0.2) is 35.4 Å². The highest BCUT2D eigenvalue weighted by molar-refractivity contribution is 5.87. The molecule has 1 fully saturated rings. The van der Waals surface area contributed by atoms with Gasteiger partial charge < -0.3 is 10.1 Å². The number of rotatable bonds is 4. The van der Waals surface area contributed by atoms with Gasteiger partial charge in [-0.15, -0.1) is 0 Å². The Hall–Kier alpha value is -1.36. The summed E-state index contributed by atoms with van der Waals surface area (Å²) in [6.07, 6.45) is 3.27. The molecule has 0 aliphatic heterocycles. The summed E-state index contributed by atoms with van der Waals surface area (Å²) in [5, 5.41) is 7.47. The highest BCUT2D eigenvalue weighted by atomic mass is 16.5. The van der Waals surface area contributed by atoms with E-state index in [0.29, 0.717) is 5.69 Å². The molecule has 1 saturated carbocycles. The highest BCUT2D eigenvalue weighted by Gasteiger charge is 2.41. The van der Waals surface area contributed by atoms with E-state index in [-0.39, 0.29) is 11.5 Å². The summed E-state index contributed by atoms with van der Waals surface area (Å²) in [7, 11) is 5.20. The van der Waals surface area contributed by atoms with Gasteiger partial charge in [0.1, 0.15) is 0 Å². The van der Waals surface area contributed by atoms with E-state index in [1.54, 1.807) is 4.68 Å². The number of hydrogen-bond donors (Lipinski definition) is 1. The summed E-state index contributed by atoms with van der Waals surface area (Å²) >= 11 is 0. The van der Waals surface area contributed by atoms with Crippen molar-refractivity contribution in [2.45, 2.75) is 24.8 Å². The molecule has 1 N–H and O–H groups in total. The monoisotopic (exact) mass is 223 g/mol. The maximum absolute atomic E-state index is 11.3. The Labute approximate surface area is 94.8 Å². The first-order valence-corrected chi connectivity index (χ1v) is 5.40. The highest BCUT2D eigenvalue weighted by Crippen LogP contribution is 2.38. The average Bonchev–Trinajstić information content (AvgIpc) is 2.97. The molecule has 88 valence electrons. The molecule has 0 saturated heterocycles. The van der Waals surface area contributed by atoms with Crippen molar-refractivity contribution in [3.8, 4) is 0 Å². The molecule has 2 rings (SSSR count). The minimum Gasteiger partial charge on any atom is -0.464 e. The molecule has 5 heteroatoms. The van der Waals surface area contributed by atoms with Crippen LogP contribution < -0.4 is 5.32 Å². The number of likely N-dealkylation sites (N-methyl/N-ethyl adjacent to an activating group) is 1. The maximum atomic E-state index is 11.3. The van der Waals surface area contributed by atoms with Crippen LogP contribution in [0.3, 0.4) is 0 Å². The van der Waals surface area contributed by atoms with E-state index in [1.807, 2.05) is 20.2 Å². The molecule has 1 aliphatic carbocycles. The van der Waals surface area contributed by atoms with Gasteiger partial charge in [0.25, 0.3) is 0 Å². The van der Waals surface area contributed by atoms with E-state index in [9.17, 15) is 4.79 Å². The molecule has 0 bridgehead atoms. The zero-order valence-corrected chi connectivity index (χ0v) is 9.91. The van der Waals surface area contributed by atoms with Gasteiger partial charge >= 0.3 is 5.97 Å². The van der Waals surface area contributed by atoms with E-state index in [1.165, 1.54) is 20.0 Å². The van der Waals surface area contributed by atoms with Crippen LogP contribution in [0, 0.1) is 0 Å². The van der Waals surface area contributed by atoms with Crippen molar-refractivity contribution < 1.29 is 9.53 Å². The second kappa shape index (κ2) is 3.90. The minimum absolute atomic E-state index is 0.223. The number of methoxy groups -OCH3 is 1. The van der Waals surface area contributed by atoms with Crippen LogP contribution in [0.1, 0.15) is 29.0 Å². The Kier molecular flexibility index (Phi) is 2.71. The SMILES string of the molecule is CNC1(Cc2cc(C(=O)OC)nn2C)CC1. The lowest BCUT2D eigenvalue weighted by atomic mass is 10.1. The number of carbonyl (C=O) groups is 1. The largest absolute Gasteiger partial charge is 0.464 e. The quantitative estimate of drug-likeness (QED) is 0.755. The molecule has 16 heavy (non-hydrogen) atoms. The van der Waals surface area contributed by atoms with Gasteiger partial charge in [0, 0.05) is 24.7 Å². The van der Waals surface area contributed by atoms with Crippen molar-refractivity contribution in [2.24, 2.45) is 7.05 Å². The smallest absolute Gasteiger partial charge is 0.358 e. The lowest BCUT2D eigenvalue weighted by Gasteiger charge is -2.13. The van der Waals surface area contributed by atoms with Gasteiger partial charge in [-0.2, -0.15) is 5.10 Å². The van der Waals surface area contributed by atoms with E-state index in [0.717, 1.165) is 12.1 Å². The third-order valence-corrected chi connectivity index (χ3v) is 3.27. The predicted molar refractivity (Wildman–Crippen MR) is 59.3 cm³/mol. The number of ether oxygens (including phenoxy) is 1. The van der Waals surface area contributed by atoms with Gasteiger partial charge in [0.15, 0.2) is 5.69 Å². The Morgan fingerprint density at radius 1 is 1.69 bits per heavy atom. The molecule has 1 heterocycles. The summed E-state index contributed by atoms with van der Waals surface area (Å²) in [4.78, 5) is 11.3. The third kappa shape index (κ3) is 1.95. The third-order valence-electron chi connectivity index (χ3n) is 3.27. The zero-order valence-electron chi connectivity index (χ0n) is 9.91. The van der Waals surface area contributed by atoms with E-state index >= 15 is 0 Å². The van der Waals surface area contributed by atoms with Gasteiger partial charge in [-0.05, 0) is 26.0 Å². The number of aryl methyl sites for hydroxylation is 1. The number of carbonyl (C=O) groups excluding carboxylic acids is 1. The molecule has 1 aromatic heterocycles. The summed E-state index contributed by atoms with van der Waals surface area (Å²) in [5.41, 5.74) is 1.67. The van der Waals surface area contributed by atoms with E-state index in [2.05, 4.69) is 15.2 Å². The van der Waals surface area contributed by atoms with Crippen LogP contribution >= 0.6 is 0 Å². The Balaban J connectivity index is 2.16. The molecule has 1 aliphatic rings. The van der Waals surface area contributed by atoms with E-state index in [4.69, 9.17) is 0 Å². The summed E-state index contributed by atoms with van der Waals surface area (Å²) in [5.74, 6) is -0.379. The Morgan fingerprint density at radius 3 is 2.88 bits per heavy atom. The van der Waals surface area contributed by atoms with Crippen molar-refractivity contribution in [1.82, 2.24) is 15.1 Å². The lowest BCUT2D eigenvalue weighted by Crippen LogP contribution is -2.30.